The molecule has 0 aliphatic carbocycles. The van der Waals surface area contributed by atoms with E-state index in [0.29, 0.717) is 22.6 Å². The molecule has 0 bridgehead atoms. The minimum atomic E-state index is -0.264. The molecule has 0 aliphatic rings. The predicted molar refractivity (Wildman–Crippen MR) is 118 cm³/mol. The lowest BCUT2D eigenvalue weighted by Gasteiger charge is -2.10. The van der Waals surface area contributed by atoms with Gasteiger partial charge in [0.15, 0.2) is 5.65 Å². The van der Waals surface area contributed by atoms with Crippen molar-refractivity contribution in [1.29, 1.82) is 5.26 Å². The van der Waals surface area contributed by atoms with Crippen molar-refractivity contribution in [2.24, 2.45) is 0 Å². The fourth-order valence-electron chi connectivity index (χ4n) is 3.23. The average molecular weight is 411 g/mol. The number of nitrogens with zero attached hydrogens (tertiary/aromatic N) is 4. The number of hydrogen-bond donors (Lipinski definition) is 1. The number of pyridine rings is 1. The standard InChI is InChI=1S/C24H21N5O2/c1-16(2)29-23-20(13-27-29)10-21(14-26-23)28-24(30)17-8-5-9-22(11-17)31-15-19-7-4-3-6-18(19)12-25/h3-11,13-14,16H,15H2,1-2H3,(H,28,30). The number of carbonyl (C=O) groups excluding carboxylic acids is 1. The lowest BCUT2D eigenvalue weighted by Crippen LogP contribution is -2.12. The van der Waals surface area contributed by atoms with E-state index < -0.39 is 0 Å². The number of amides is 1. The van der Waals surface area contributed by atoms with Crippen molar-refractivity contribution in [1.82, 2.24) is 14.8 Å². The van der Waals surface area contributed by atoms with Gasteiger partial charge < -0.3 is 10.1 Å². The van der Waals surface area contributed by atoms with Crippen molar-refractivity contribution >= 4 is 22.6 Å². The number of carbonyl (C=O) groups is 1. The van der Waals surface area contributed by atoms with E-state index in [2.05, 4.69) is 21.5 Å². The topological polar surface area (TPSA) is 92.8 Å². The third-order valence-corrected chi connectivity index (χ3v) is 4.81. The molecule has 0 saturated heterocycles. The Balaban J connectivity index is 1.47. The molecule has 0 saturated carbocycles. The minimum absolute atomic E-state index is 0.202. The fourth-order valence-corrected chi connectivity index (χ4v) is 3.23. The fraction of sp³-hybridized carbons (Fsp3) is 0.167. The number of rotatable bonds is 6. The first kappa shape index (κ1) is 20.1. The molecule has 2 aromatic heterocycles. The summed E-state index contributed by atoms with van der Waals surface area (Å²) in [4.78, 5) is 17.2. The van der Waals surface area contributed by atoms with Crippen molar-refractivity contribution in [2.75, 3.05) is 5.32 Å². The third-order valence-electron chi connectivity index (χ3n) is 4.81. The predicted octanol–water partition coefficient (Wildman–Crippen LogP) is 4.72. The SMILES string of the molecule is CC(C)n1ncc2cc(NC(=O)c3cccc(OCc4ccccc4C#N)c3)cnc21. The highest BCUT2D eigenvalue weighted by Gasteiger charge is 2.11. The Bertz CT molecular complexity index is 1290. The number of aromatic nitrogens is 3. The largest absolute Gasteiger partial charge is 0.489 e. The molecule has 4 rings (SSSR count). The van der Waals surface area contributed by atoms with Gasteiger partial charge in [-0.2, -0.15) is 10.4 Å². The second kappa shape index (κ2) is 8.67. The quantitative estimate of drug-likeness (QED) is 0.496. The summed E-state index contributed by atoms with van der Waals surface area (Å²) in [7, 11) is 0. The molecule has 0 atom stereocenters. The summed E-state index contributed by atoms with van der Waals surface area (Å²) in [5, 5.41) is 17.3. The number of nitrogens with one attached hydrogen (secondary N) is 1. The summed E-state index contributed by atoms with van der Waals surface area (Å²) in [6.45, 7) is 4.32. The van der Waals surface area contributed by atoms with Crippen LogP contribution in [0.1, 0.15) is 41.4 Å². The molecule has 154 valence electrons. The Morgan fingerprint density at radius 3 is 2.81 bits per heavy atom. The first-order chi connectivity index (χ1) is 15.0. The second-order valence-corrected chi connectivity index (χ2v) is 7.36. The summed E-state index contributed by atoms with van der Waals surface area (Å²) in [5.74, 6) is 0.285. The van der Waals surface area contributed by atoms with Gasteiger partial charge in [0.25, 0.3) is 5.91 Å². The molecule has 31 heavy (non-hydrogen) atoms. The first-order valence-corrected chi connectivity index (χ1v) is 9.90. The lowest BCUT2D eigenvalue weighted by atomic mass is 10.1. The molecule has 7 nitrogen and oxygen atoms in total. The number of hydrogen-bond acceptors (Lipinski definition) is 5. The molecular formula is C24H21N5O2. The molecule has 2 aromatic carbocycles. The molecule has 0 aliphatic heterocycles. The Labute approximate surface area is 179 Å². The van der Waals surface area contributed by atoms with Crippen LogP contribution in [0.4, 0.5) is 5.69 Å². The molecule has 0 radical (unpaired) electrons. The smallest absolute Gasteiger partial charge is 0.255 e. The zero-order valence-electron chi connectivity index (χ0n) is 17.2. The van der Waals surface area contributed by atoms with E-state index in [4.69, 9.17) is 4.74 Å². The van der Waals surface area contributed by atoms with Crippen LogP contribution in [0.3, 0.4) is 0 Å². The molecule has 0 unspecified atom stereocenters. The first-order valence-electron chi connectivity index (χ1n) is 9.90. The van der Waals surface area contributed by atoms with Gasteiger partial charge in [-0.25, -0.2) is 9.67 Å². The van der Waals surface area contributed by atoms with Crippen LogP contribution in [0.5, 0.6) is 5.75 Å². The highest BCUT2D eigenvalue weighted by Crippen LogP contribution is 2.21. The molecule has 0 spiro atoms. The maximum atomic E-state index is 12.7. The zero-order valence-corrected chi connectivity index (χ0v) is 17.2. The summed E-state index contributed by atoms with van der Waals surface area (Å²) in [6.07, 6.45) is 3.37. The van der Waals surface area contributed by atoms with Crippen LogP contribution in [-0.4, -0.2) is 20.7 Å². The van der Waals surface area contributed by atoms with Gasteiger partial charge in [0.1, 0.15) is 12.4 Å². The summed E-state index contributed by atoms with van der Waals surface area (Å²) >= 11 is 0. The van der Waals surface area contributed by atoms with Gasteiger partial charge >= 0.3 is 0 Å². The Morgan fingerprint density at radius 2 is 2.00 bits per heavy atom. The maximum Gasteiger partial charge on any atom is 0.255 e. The monoisotopic (exact) mass is 411 g/mol. The zero-order chi connectivity index (χ0) is 21.8. The van der Waals surface area contributed by atoms with Crippen LogP contribution >= 0.6 is 0 Å². The van der Waals surface area contributed by atoms with E-state index in [0.717, 1.165) is 16.6 Å². The van der Waals surface area contributed by atoms with Crippen molar-refractivity contribution < 1.29 is 9.53 Å². The molecule has 1 amide bonds. The molecule has 7 heteroatoms. The van der Waals surface area contributed by atoms with Crippen LogP contribution in [-0.2, 0) is 6.61 Å². The summed E-state index contributed by atoms with van der Waals surface area (Å²) < 4.78 is 7.64. The van der Waals surface area contributed by atoms with Gasteiger partial charge in [-0.1, -0.05) is 24.3 Å². The van der Waals surface area contributed by atoms with E-state index in [1.54, 1.807) is 42.7 Å². The molecule has 2 heterocycles. The van der Waals surface area contributed by atoms with Crippen molar-refractivity contribution in [2.45, 2.75) is 26.5 Å². The van der Waals surface area contributed by atoms with E-state index in [1.165, 1.54) is 0 Å². The molecule has 4 aromatic rings. The minimum Gasteiger partial charge on any atom is -0.489 e. The van der Waals surface area contributed by atoms with E-state index in [1.807, 2.05) is 42.8 Å². The number of benzene rings is 2. The normalized spacial score (nSPS) is 10.8. The van der Waals surface area contributed by atoms with Gasteiger partial charge in [-0.05, 0) is 44.2 Å². The van der Waals surface area contributed by atoms with Crippen LogP contribution in [0.25, 0.3) is 11.0 Å². The highest BCUT2D eigenvalue weighted by molar-refractivity contribution is 6.05. The lowest BCUT2D eigenvalue weighted by molar-refractivity contribution is 0.102. The number of ether oxygens (including phenoxy) is 1. The van der Waals surface area contributed by atoms with Gasteiger partial charge in [-0.15, -0.1) is 0 Å². The average Bonchev–Trinajstić information content (AvgIpc) is 3.21. The van der Waals surface area contributed by atoms with Crippen LogP contribution in [0.15, 0.2) is 67.0 Å². The molecule has 1 N–H and O–H groups in total. The Morgan fingerprint density at radius 1 is 1.16 bits per heavy atom. The van der Waals surface area contributed by atoms with Crippen molar-refractivity contribution in [3.05, 3.63) is 83.7 Å². The Hall–Kier alpha value is -4.18. The second-order valence-electron chi connectivity index (χ2n) is 7.36. The van der Waals surface area contributed by atoms with Gasteiger partial charge in [0.2, 0.25) is 0 Å². The number of fused-ring (bicyclic) bond motifs is 1. The van der Waals surface area contributed by atoms with E-state index >= 15 is 0 Å². The third kappa shape index (κ3) is 4.38. The Kier molecular flexibility index (Phi) is 5.63. The van der Waals surface area contributed by atoms with E-state index in [9.17, 15) is 10.1 Å². The van der Waals surface area contributed by atoms with Gasteiger partial charge in [-0.3, -0.25) is 4.79 Å². The number of anilines is 1. The van der Waals surface area contributed by atoms with Crippen LogP contribution in [0, 0.1) is 11.3 Å². The maximum absolute atomic E-state index is 12.7. The van der Waals surface area contributed by atoms with Crippen LogP contribution < -0.4 is 10.1 Å². The number of nitriles is 1. The molecular weight excluding hydrogens is 390 g/mol. The van der Waals surface area contributed by atoms with Crippen molar-refractivity contribution in [3.63, 3.8) is 0 Å². The van der Waals surface area contributed by atoms with Gasteiger partial charge in [0.05, 0.1) is 29.7 Å². The van der Waals surface area contributed by atoms with Crippen molar-refractivity contribution in [3.8, 4) is 11.8 Å². The van der Waals surface area contributed by atoms with Gasteiger partial charge in [0, 0.05) is 22.6 Å². The summed E-state index contributed by atoms with van der Waals surface area (Å²) in [6, 6.07) is 18.4. The summed E-state index contributed by atoms with van der Waals surface area (Å²) in [5.41, 5.74) is 3.20. The van der Waals surface area contributed by atoms with Crippen LogP contribution in [0.2, 0.25) is 0 Å². The van der Waals surface area contributed by atoms with E-state index in [-0.39, 0.29) is 18.6 Å². The highest BCUT2D eigenvalue weighted by atomic mass is 16.5. The molecule has 0 fully saturated rings.